The van der Waals surface area contributed by atoms with Gasteiger partial charge < -0.3 is 15.7 Å². The standard InChI is InChI=1S/C26H19N3O2/c30-20-11-7-18(8-12-20)4-3-17-5-9-19(10-6-17)28-16-22-25-21-2-1-15-27-23(21)13-14-24(25)29-26(22)31/h1-16,28,30H,(H,29,31)/b4-3+,22-16?. The Kier molecular flexibility index (Phi) is 4.69. The highest BCUT2D eigenvalue weighted by Gasteiger charge is 2.26. The molecule has 0 radical (unpaired) electrons. The fourth-order valence-electron chi connectivity index (χ4n) is 3.61. The Balaban J connectivity index is 1.36. The van der Waals surface area contributed by atoms with Crippen molar-refractivity contribution in [3.63, 3.8) is 0 Å². The minimum absolute atomic E-state index is 0.132. The van der Waals surface area contributed by atoms with E-state index >= 15 is 0 Å². The third-order valence-corrected chi connectivity index (χ3v) is 5.20. The van der Waals surface area contributed by atoms with Crippen LogP contribution in [0.25, 0.3) is 28.6 Å². The summed E-state index contributed by atoms with van der Waals surface area (Å²) in [6, 6.07) is 22.6. The number of carbonyl (C=O) groups excluding carboxylic acids is 1. The number of rotatable bonds is 4. The fraction of sp³-hybridized carbons (Fsp3) is 0. The van der Waals surface area contributed by atoms with E-state index in [9.17, 15) is 9.90 Å². The molecule has 31 heavy (non-hydrogen) atoms. The van der Waals surface area contributed by atoms with Gasteiger partial charge in [-0.25, -0.2) is 0 Å². The number of amides is 1. The van der Waals surface area contributed by atoms with Crippen LogP contribution in [0.1, 0.15) is 16.7 Å². The van der Waals surface area contributed by atoms with Gasteiger partial charge in [0.05, 0.1) is 11.1 Å². The lowest BCUT2D eigenvalue weighted by molar-refractivity contribution is -0.110. The zero-order chi connectivity index (χ0) is 21.2. The first-order valence-electron chi connectivity index (χ1n) is 9.91. The highest BCUT2D eigenvalue weighted by molar-refractivity contribution is 6.34. The number of nitrogens with one attached hydrogen (secondary N) is 2. The van der Waals surface area contributed by atoms with E-state index in [4.69, 9.17) is 0 Å². The minimum Gasteiger partial charge on any atom is -0.508 e. The highest BCUT2D eigenvalue weighted by atomic mass is 16.3. The van der Waals surface area contributed by atoms with Crippen molar-refractivity contribution in [2.75, 3.05) is 10.6 Å². The molecule has 5 nitrogen and oxygen atoms in total. The van der Waals surface area contributed by atoms with Gasteiger partial charge in [0.2, 0.25) is 0 Å². The van der Waals surface area contributed by atoms with Crippen LogP contribution in [0.4, 0.5) is 11.4 Å². The molecule has 3 N–H and O–H groups in total. The quantitative estimate of drug-likeness (QED) is 0.309. The van der Waals surface area contributed by atoms with E-state index in [1.54, 1.807) is 24.5 Å². The van der Waals surface area contributed by atoms with Crippen LogP contribution in [-0.2, 0) is 4.79 Å². The molecule has 150 valence electrons. The zero-order valence-corrected chi connectivity index (χ0v) is 16.5. The van der Waals surface area contributed by atoms with Gasteiger partial charge in [0, 0.05) is 34.7 Å². The third-order valence-electron chi connectivity index (χ3n) is 5.20. The number of fused-ring (bicyclic) bond motifs is 3. The van der Waals surface area contributed by atoms with E-state index in [2.05, 4.69) is 15.6 Å². The summed E-state index contributed by atoms with van der Waals surface area (Å²) in [5, 5.41) is 16.5. The van der Waals surface area contributed by atoms with Crippen LogP contribution >= 0.6 is 0 Å². The van der Waals surface area contributed by atoms with Crippen LogP contribution in [0.2, 0.25) is 0 Å². The number of pyridine rings is 1. The molecule has 0 fully saturated rings. The minimum atomic E-state index is -0.132. The number of benzene rings is 3. The summed E-state index contributed by atoms with van der Waals surface area (Å²) < 4.78 is 0. The predicted octanol–water partition coefficient (Wildman–Crippen LogP) is 5.52. The summed E-state index contributed by atoms with van der Waals surface area (Å²) in [5.74, 6) is 0.122. The van der Waals surface area contributed by atoms with Crippen molar-refractivity contribution in [1.82, 2.24) is 4.98 Å². The summed E-state index contributed by atoms with van der Waals surface area (Å²) in [6.45, 7) is 0. The molecule has 5 heteroatoms. The first-order valence-corrected chi connectivity index (χ1v) is 9.91. The van der Waals surface area contributed by atoms with Crippen molar-refractivity contribution in [2.24, 2.45) is 0 Å². The second kappa shape index (κ2) is 7.80. The van der Waals surface area contributed by atoms with Gasteiger partial charge in [0.15, 0.2) is 0 Å². The molecule has 0 unspecified atom stereocenters. The molecule has 4 aromatic rings. The molecule has 3 aromatic carbocycles. The topological polar surface area (TPSA) is 74.2 Å². The van der Waals surface area contributed by atoms with Gasteiger partial charge in [0.1, 0.15) is 5.75 Å². The maximum Gasteiger partial charge on any atom is 0.257 e. The number of phenols is 1. The first kappa shape index (κ1) is 18.6. The van der Waals surface area contributed by atoms with E-state index in [0.29, 0.717) is 5.57 Å². The van der Waals surface area contributed by atoms with Gasteiger partial charge in [-0.2, -0.15) is 0 Å². The second-order valence-electron chi connectivity index (χ2n) is 7.26. The number of aromatic nitrogens is 1. The SMILES string of the molecule is O=C1Nc2ccc3ncccc3c2C1=CNc1ccc(/C=C/c2ccc(O)cc2)cc1. The summed E-state index contributed by atoms with van der Waals surface area (Å²) in [4.78, 5) is 16.9. The molecular weight excluding hydrogens is 386 g/mol. The van der Waals surface area contributed by atoms with Gasteiger partial charge in [-0.05, 0) is 53.6 Å². The molecule has 1 aliphatic heterocycles. The molecule has 1 aliphatic rings. The highest BCUT2D eigenvalue weighted by Crippen LogP contribution is 2.37. The number of aromatic hydroxyl groups is 1. The summed E-state index contributed by atoms with van der Waals surface area (Å²) >= 11 is 0. The Hall–Kier alpha value is -4.38. The van der Waals surface area contributed by atoms with Crippen LogP contribution in [0.15, 0.2) is 85.2 Å². The Bertz CT molecular complexity index is 1340. The largest absolute Gasteiger partial charge is 0.508 e. The molecule has 2 heterocycles. The van der Waals surface area contributed by atoms with Crippen LogP contribution in [0.3, 0.4) is 0 Å². The molecule has 0 saturated heterocycles. The Morgan fingerprint density at radius 3 is 2.32 bits per heavy atom. The molecule has 0 bridgehead atoms. The van der Waals surface area contributed by atoms with E-state index in [1.807, 2.05) is 72.8 Å². The summed E-state index contributed by atoms with van der Waals surface area (Å²) in [5.41, 5.74) is 6.06. The fourth-order valence-corrected chi connectivity index (χ4v) is 3.61. The number of nitrogens with zero attached hydrogens (tertiary/aromatic N) is 1. The van der Waals surface area contributed by atoms with Crippen molar-refractivity contribution in [2.45, 2.75) is 0 Å². The number of hydrogen-bond donors (Lipinski definition) is 3. The van der Waals surface area contributed by atoms with Gasteiger partial charge >= 0.3 is 0 Å². The monoisotopic (exact) mass is 405 g/mol. The predicted molar refractivity (Wildman–Crippen MR) is 125 cm³/mol. The average molecular weight is 405 g/mol. The van der Waals surface area contributed by atoms with Gasteiger partial charge in [-0.15, -0.1) is 0 Å². The van der Waals surface area contributed by atoms with Gasteiger partial charge in [-0.1, -0.05) is 42.5 Å². The molecule has 0 spiro atoms. The lowest BCUT2D eigenvalue weighted by Crippen LogP contribution is -2.05. The van der Waals surface area contributed by atoms with Gasteiger partial charge in [-0.3, -0.25) is 9.78 Å². The lowest BCUT2D eigenvalue weighted by Gasteiger charge is -2.06. The lowest BCUT2D eigenvalue weighted by atomic mass is 10.0. The number of phenolic OH excluding ortho intramolecular Hbond substituents is 1. The van der Waals surface area contributed by atoms with E-state index in [1.165, 1.54) is 0 Å². The van der Waals surface area contributed by atoms with Crippen molar-refractivity contribution in [3.05, 3.63) is 102 Å². The molecule has 0 aliphatic carbocycles. The Labute approximate surface area is 179 Å². The molecule has 1 amide bonds. The molecule has 0 atom stereocenters. The van der Waals surface area contributed by atoms with E-state index in [0.717, 1.165) is 39.0 Å². The Morgan fingerprint density at radius 2 is 1.58 bits per heavy atom. The maximum absolute atomic E-state index is 12.5. The van der Waals surface area contributed by atoms with E-state index < -0.39 is 0 Å². The van der Waals surface area contributed by atoms with Crippen LogP contribution in [0.5, 0.6) is 5.75 Å². The summed E-state index contributed by atoms with van der Waals surface area (Å²) in [7, 11) is 0. The Morgan fingerprint density at radius 1 is 0.871 bits per heavy atom. The van der Waals surface area contributed by atoms with Crippen molar-refractivity contribution >= 4 is 45.9 Å². The zero-order valence-electron chi connectivity index (χ0n) is 16.5. The average Bonchev–Trinajstić information content (AvgIpc) is 3.13. The van der Waals surface area contributed by atoms with Crippen molar-refractivity contribution < 1.29 is 9.90 Å². The van der Waals surface area contributed by atoms with Crippen LogP contribution in [-0.4, -0.2) is 16.0 Å². The summed E-state index contributed by atoms with van der Waals surface area (Å²) in [6.07, 6.45) is 7.49. The second-order valence-corrected chi connectivity index (χ2v) is 7.26. The van der Waals surface area contributed by atoms with Crippen molar-refractivity contribution in [3.8, 4) is 5.75 Å². The van der Waals surface area contributed by atoms with Gasteiger partial charge in [0.25, 0.3) is 5.91 Å². The maximum atomic E-state index is 12.5. The molecular formula is C26H19N3O2. The smallest absolute Gasteiger partial charge is 0.257 e. The normalized spacial score (nSPS) is 14.2. The number of carbonyl (C=O) groups is 1. The molecule has 1 aromatic heterocycles. The number of hydrogen-bond acceptors (Lipinski definition) is 4. The van der Waals surface area contributed by atoms with E-state index in [-0.39, 0.29) is 11.7 Å². The van der Waals surface area contributed by atoms with Crippen LogP contribution < -0.4 is 10.6 Å². The molecule has 0 saturated carbocycles. The van der Waals surface area contributed by atoms with Crippen molar-refractivity contribution in [1.29, 1.82) is 0 Å². The van der Waals surface area contributed by atoms with Crippen LogP contribution in [0, 0.1) is 0 Å². The first-order chi connectivity index (χ1) is 15.2. The third kappa shape index (κ3) is 3.76. The number of anilines is 2. The molecule has 5 rings (SSSR count).